The third-order valence-corrected chi connectivity index (χ3v) is 4.24. The molecule has 0 radical (unpaired) electrons. The number of rotatable bonds is 5. The van der Waals surface area contributed by atoms with Crippen LogP contribution in [0.4, 0.5) is 0 Å². The van der Waals surface area contributed by atoms with E-state index in [1.54, 1.807) is 6.92 Å². The van der Waals surface area contributed by atoms with Crippen molar-refractivity contribution in [2.24, 2.45) is 0 Å². The molecule has 1 aliphatic rings. The predicted octanol–water partition coefficient (Wildman–Crippen LogP) is 3.18. The van der Waals surface area contributed by atoms with Crippen LogP contribution in [0.1, 0.15) is 37.7 Å². The highest BCUT2D eigenvalue weighted by Crippen LogP contribution is 2.32. The summed E-state index contributed by atoms with van der Waals surface area (Å²) in [5.74, 6) is 0.912. The van der Waals surface area contributed by atoms with Gasteiger partial charge < -0.3 is 4.74 Å². The van der Waals surface area contributed by atoms with E-state index in [9.17, 15) is 9.59 Å². The van der Waals surface area contributed by atoms with Gasteiger partial charge in [-0.05, 0) is 37.0 Å². The lowest BCUT2D eigenvalue weighted by molar-refractivity contribution is -0.139. The Kier molecular flexibility index (Phi) is 5.02. The molecule has 0 bridgehead atoms. The number of thioether (sulfide) groups is 1. The Morgan fingerprint density at radius 1 is 1.37 bits per heavy atom. The minimum Gasteiger partial charge on any atom is -0.465 e. The van der Waals surface area contributed by atoms with Gasteiger partial charge in [-0.25, -0.2) is 0 Å². The number of Topliss-reactive ketones (excluding diaryl/α,β-unsaturated/α-hetero) is 1. The molecular formula is C15H18O3S. The van der Waals surface area contributed by atoms with Gasteiger partial charge in [0.05, 0.1) is 12.4 Å². The number of hydrogen-bond donors (Lipinski definition) is 0. The van der Waals surface area contributed by atoms with E-state index in [1.165, 1.54) is 17.3 Å². The zero-order valence-electron chi connectivity index (χ0n) is 11.1. The second kappa shape index (κ2) is 6.75. The zero-order valence-corrected chi connectivity index (χ0v) is 11.9. The van der Waals surface area contributed by atoms with Crippen molar-refractivity contribution in [1.29, 1.82) is 0 Å². The lowest BCUT2D eigenvalue weighted by Gasteiger charge is -2.09. The lowest BCUT2D eigenvalue weighted by atomic mass is 9.98. The van der Waals surface area contributed by atoms with Crippen molar-refractivity contribution >= 4 is 23.5 Å². The van der Waals surface area contributed by atoms with Gasteiger partial charge in [0.1, 0.15) is 5.78 Å². The Labute approximate surface area is 117 Å². The third-order valence-electron chi connectivity index (χ3n) is 3.26. The molecule has 0 aromatic heterocycles. The van der Waals surface area contributed by atoms with Gasteiger partial charge >= 0.3 is 5.97 Å². The highest BCUT2D eigenvalue weighted by atomic mass is 32.2. The molecule has 0 amide bonds. The fraction of sp³-hybridized carbons (Fsp3) is 0.467. The van der Waals surface area contributed by atoms with E-state index in [2.05, 4.69) is 12.1 Å². The maximum Gasteiger partial charge on any atom is 0.316 e. The molecule has 0 N–H and O–H groups in total. The van der Waals surface area contributed by atoms with E-state index in [1.807, 2.05) is 12.1 Å². The molecule has 1 saturated carbocycles. The van der Waals surface area contributed by atoms with Gasteiger partial charge in [0.25, 0.3) is 0 Å². The van der Waals surface area contributed by atoms with E-state index in [4.69, 9.17) is 4.74 Å². The average molecular weight is 278 g/mol. The summed E-state index contributed by atoms with van der Waals surface area (Å²) in [5.41, 5.74) is 1.23. The molecule has 1 fully saturated rings. The first-order valence-corrected chi connectivity index (χ1v) is 7.57. The number of esters is 1. The molecule has 1 aromatic carbocycles. The molecule has 1 aromatic rings. The van der Waals surface area contributed by atoms with Crippen molar-refractivity contribution in [2.75, 3.05) is 12.4 Å². The van der Waals surface area contributed by atoms with Crippen LogP contribution in [0.2, 0.25) is 0 Å². The number of carbonyl (C=O) groups is 2. The van der Waals surface area contributed by atoms with Crippen LogP contribution in [0.15, 0.2) is 29.2 Å². The standard InChI is InChI=1S/C15H18O3S/c1-2-18-15(17)10-19-14-7-4-11(5-8-14)12-3-6-13(16)9-12/h4-5,7-8,12H,2-3,6,9-10H2,1H3/t12-/m1/s1. The average Bonchev–Trinajstić information content (AvgIpc) is 2.84. The Bertz CT molecular complexity index is 453. The summed E-state index contributed by atoms with van der Waals surface area (Å²) < 4.78 is 4.88. The van der Waals surface area contributed by atoms with Gasteiger partial charge in [0.15, 0.2) is 0 Å². The molecule has 4 heteroatoms. The molecule has 3 nitrogen and oxygen atoms in total. The molecular weight excluding hydrogens is 260 g/mol. The molecule has 0 saturated heterocycles. The quantitative estimate of drug-likeness (QED) is 0.613. The monoisotopic (exact) mass is 278 g/mol. The molecule has 1 atom stereocenters. The first kappa shape index (κ1) is 14.1. The van der Waals surface area contributed by atoms with Crippen LogP contribution in [-0.2, 0) is 14.3 Å². The van der Waals surface area contributed by atoms with Gasteiger partial charge in [0, 0.05) is 17.7 Å². The lowest BCUT2D eigenvalue weighted by Crippen LogP contribution is -2.06. The Hall–Kier alpha value is -1.29. The smallest absolute Gasteiger partial charge is 0.316 e. The van der Waals surface area contributed by atoms with Crippen LogP contribution in [0.3, 0.4) is 0 Å². The molecule has 1 aliphatic carbocycles. The summed E-state index contributed by atoms with van der Waals surface area (Å²) in [6.07, 6.45) is 2.35. The molecule has 102 valence electrons. The van der Waals surface area contributed by atoms with Gasteiger partial charge in [-0.1, -0.05) is 12.1 Å². The number of hydrogen-bond acceptors (Lipinski definition) is 4. The van der Waals surface area contributed by atoms with Crippen LogP contribution in [0.5, 0.6) is 0 Å². The maximum atomic E-state index is 11.3. The highest BCUT2D eigenvalue weighted by Gasteiger charge is 2.23. The van der Waals surface area contributed by atoms with Crippen LogP contribution in [0, 0.1) is 0 Å². The summed E-state index contributed by atoms with van der Waals surface area (Å²) >= 11 is 1.48. The number of ether oxygens (including phenoxy) is 1. The number of ketones is 1. The molecule has 19 heavy (non-hydrogen) atoms. The highest BCUT2D eigenvalue weighted by molar-refractivity contribution is 8.00. The Morgan fingerprint density at radius 3 is 2.68 bits per heavy atom. The van der Waals surface area contributed by atoms with Crippen molar-refractivity contribution in [2.45, 2.75) is 37.0 Å². The van der Waals surface area contributed by atoms with Crippen molar-refractivity contribution in [1.82, 2.24) is 0 Å². The van der Waals surface area contributed by atoms with E-state index in [0.29, 0.717) is 36.9 Å². The summed E-state index contributed by atoms with van der Waals surface area (Å²) in [7, 11) is 0. The number of carbonyl (C=O) groups excluding carboxylic acids is 2. The molecule has 0 unspecified atom stereocenters. The van der Waals surface area contributed by atoms with Crippen LogP contribution < -0.4 is 0 Å². The first-order valence-electron chi connectivity index (χ1n) is 6.59. The van der Waals surface area contributed by atoms with Crippen molar-refractivity contribution in [3.8, 4) is 0 Å². The summed E-state index contributed by atoms with van der Waals surface area (Å²) in [4.78, 5) is 23.6. The maximum absolute atomic E-state index is 11.3. The molecule has 2 rings (SSSR count). The SMILES string of the molecule is CCOC(=O)CSc1ccc([C@@H]2CCC(=O)C2)cc1. The van der Waals surface area contributed by atoms with Crippen LogP contribution in [0.25, 0.3) is 0 Å². The molecule has 0 aliphatic heterocycles. The third kappa shape index (κ3) is 4.10. The van der Waals surface area contributed by atoms with Crippen molar-refractivity contribution in [3.05, 3.63) is 29.8 Å². The Balaban J connectivity index is 1.88. The van der Waals surface area contributed by atoms with E-state index in [-0.39, 0.29) is 5.97 Å². The zero-order chi connectivity index (χ0) is 13.7. The number of benzene rings is 1. The van der Waals surface area contributed by atoms with E-state index >= 15 is 0 Å². The Morgan fingerprint density at radius 2 is 2.11 bits per heavy atom. The predicted molar refractivity (Wildman–Crippen MR) is 75.4 cm³/mol. The minimum absolute atomic E-state index is 0.182. The summed E-state index contributed by atoms with van der Waals surface area (Å²) in [6.45, 7) is 2.23. The van der Waals surface area contributed by atoms with Gasteiger partial charge in [-0.2, -0.15) is 0 Å². The second-order valence-corrected chi connectivity index (χ2v) is 5.69. The summed E-state index contributed by atoms with van der Waals surface area (Å²) in [5, 5.41) is 0. The second-order valence-electron chi connectivity index (χ2n) is 4.64. The van der Waals surface area contributed by atoms with Crippen molar-refractivity contribution in [3.63, 3.8) is 0 Å². The molecule has 0 spiro atoms. The minimum atomic E-state index is -0.182. The van der Waals surface area contributed by atoms with Gasteiger partial charge in [-0.3, -0.25) is 9.59 Å². The normalized spacial score (nSPS) is 18.6. The van der Waals surface area contributed by atoms with Crippen molar-refractivity contribution < 1.29 is 14.3 Å². The van der Waals surface area contributed by atoms with Gasteiger partial charge in [0.2, 0.25) is 0 Å². The first-order chi connectivity index (χ1) is 9.19. The summed E-state index contributed by atoms with van der Waals surface area (Å²) in [6, 6.07) is 8.16. The fourth-order valence-electron chi connectivity index (χ4n) is 2.28. The van der Waals surface area contributed by atoms with E-state index < -0.39 is 0 Å². The van der Waals surface area contributed by atoms with Crippen LogP contribution in [-0.4, -0.2) is 24.1 Å². The van der Waals surface area contributed by atoms with Gasteiger partial charge in [-0.15, -0.1) is 11.8 Å². The van der Waals surface area contributed by atoms with E-state index in [0.717, 1.165) is 11.3 Å². The topological polar surface area (TPSA) is 43.4 Å². The fourth-order valence-corrected chi connectivity index (χ4v) is 2.98. The largest absolute Gasteiger partial charge is 0.465 e. The molecule has 0 heterocycles. The van der Waals surface area contributed by atoms with Crippen LogP contribution >= 0.6 is 11.8 Å².